The fourth-order valence-corrected chi connectivity index (χ4v) is 2.98. The SMILES string of the molecule is O=C1CC2(O)CC(=O)Oc3nc(nc(c3/C=C/[C@@H]3CCNC3)OC2=O)O1. The fourth-order valence-electron chi connectivity index (χ4n) is 2.98. The largest absolute Gasteiger partial charge is 0.406 e. The zero-order valence-electron chi connectivity index (χ0n) is 13.6. The Morgan fingerprint density at radius 1 is 1.08 bits per heavy atom. The minimum atomic E-state index is -2.40. The summed E-state index contributed by atoms with van der Waals surface area (Å²) in [4.78, 5) is 44.2. The molecule has 1 aromatic heterocycles. The molecule has 1 saturated heterocycles. The van der Waals surface area contributed by atoms with Crippen molar-refractivity contribution < 1.29 is 33.7 Å². The first-order valence-corrected chi connectivity index (χ1v) is 8.10. The molecule has 0 spiro atoms. The second-order valence-corrected chi connectivity index (χ2v) is 6.36. The monoisotopic (exact) mass is 361 g/mol. The van der Waals surface area contributed by atoms with Gasteiger partial charge in [0.2, 0.25) is 11.8 Å². The second-order valence-electron chi connectivity index (χ2n) is 6.36. The van der Waals surface area contributed by atoms with Gasteiger partial charge >= 0.3 is 23.9 Å². The van der Waals surface area contributed by atoms with Crippen molar-refractivity contribution in [2.24, 2.45) is 5.92 Å². The molecule has 0 radical (unpaired) electrons. The van der Waals surface area contributed by atoms with Crippen LogP contribution in [0, 0.1) is 5.92 Å². The molecule has 4 heterocycles. The van der Waals surface area contributed by atoms with Gasteiger partial charge in [0.1, 0.15) is 0 Å². The Kier molecular flexibility index (Phi) is 3.93. The molecule has 3 aliphatic rings. The third-order valence-corrected chi connectivity index (χ3v) is 4.35. The van der Waals surface area contributed by atoms with Gasteiger partial charge in [0.25, 0.3) is 0 Å². The topological polar surface area (TPSA) is 137 Å². The summed E-state index contributed by atoms with van der Waals surface area (Å²) in [6, 6.07) is -0.425. The van der Waals surface area contributed by atoms with E-state index in [4.69, 9.17) is 14.2 Å². The Hall–Kier alpha value is -2.85. The third-order valence-electron chi connectivity index (χ3n) is 4.35. The molecular weight excluding hydrogens is 346 g/mol. The van der Waals surface area contributed by atoms with Crippen LogP contribution in [-0.2, 0) is 14.4 Å². The summed E-state index contributed by atoms with van der Waals surface area (Å²) in [5, 5.41) is 13.7. The van der Waals surface area contributed by atoms with E-state index in [1.54, 1.807) is 6.08 Å². The van der Waals surface area contributed by atoms with Crippen molar-refractivity contribution in [3.8, 4) is 17.8 Å². The number of fused-ring (bicyclic) bond motifs is 4. The minimum absolute atomic E-state index is 0.157. The van der Waals surface area contributed by atoms with E-state index in [9.17, 15) is 19.5 Å². The molecule has 2 N–H and O–H groups in total. The van der Waals surface area contributed by atoms with Crippen LogP contribution in [0.1, 0.15) is 24.8 Å². The lowest BCUT2D eigenvalue weighted by Gasteiger charge is -2.21. The first-order chi connectivity index (χ1) is 12.4. The predicted molar refractivity (Wildman–Crippen MR) is 83.1 cm³/mol. The molecule has 0 saturated carbocycles. The van der Waals surface area contributed by atoms with E-state index >= 15 is 0 Å². The van der Waals surface area contributed by atoms with Gasteiger partial charge in [0.15, 0.2) is 5.60 Å². The summed E-state index contributed by atoms with van der Waals surface area (Å²) in [6.07, 6.45) is 2.83. The lowest BCUT2D eigenvalue weighted by atomic mass is 9.96. The van der Waals surface area contributed by atoms with Gasteiger partial charge in [-0.05, 0) is 25.0 Å². The number of hydrogen-bond donors (Lipinski definition) is 2. The molecule has 1 aromatic rings. The third kappa shape index (κ3) is 3.04. The number of carbonyl (C=O) groups is 3. The van der Waals surface area contributed by atoms with E-state index in [2.05, 4.69) is 15.3 Å². The molecule has 3 aliphatic heterocycles. The number of nitrogens with one attached hydrogen (secondary N) is 1. The van der Waals surface area contributed by atoms with Crippen molar-refractivity contribution in [1.82, 2.24) is 15.3 Å². The van der Waals surface area contributed by atoms with Gasteiger partial charge in [-0.1, -0.05) is 6.08 Å². The number of rotatable bonds is 2. The van der Waals surface area contributed by atoms with Crippen LogP contribution in [0.2, 0.25) is 0 Å². The lowest BCUT2D eigenvalue weighted by Crippen LogP contribution is -2.46. The highest BCUT2D eigenvalue weighted by Crippen LogP contribution is 2.35. The molecule has 1 unspecified atom stereocenters. The smallest absolute Gasteiger partial charge is 0.346 e. The Morgan fingerprint density at radius 3 is 2.46 bits per heavy atom. The van der Waals surface area contributed by atoms with Crippen LogP contribution < -0.4 is 19.5 Å². The summed E-state index contributed by atoms with van der Waals surface area (Å²) in [7, 11) is 0. The Morgan fingerprint density at radius 2 is 1.77 bits per heavy atom. The Bertz CT molecular complexity index is 831. The molecule has 0 aromatic carbocycles. The Labute approximate surface area is 147 Å². The quantitative estimate of drug-likeness (QED) is 0.654. The number of aliphatic hydroxyl groups is 1. The van der Waals surface area contributed by atoms with E-state index < -0.39 is 42.4 Å². The highest BCUT2D eigenvalue weighted by molar-refractivity contribution is 5.93. The van der Waals surface area contributed by atoms with Crippen LogP contribution in [0.3, 0.4) is 0 Å². The van der Waals surface area contributed by atoms with Gasteiger partial charge in [-0.25, -0.2) is 4.79 Å². The van der Waals surface area contributed by atoms with Gasteiger partial charge in [-0.2, -0.15) is 9.97 Å². The van der Waals surface area contributed by atoms with Crippen LogP contribution in [0.15, 0.2) is 6.08 Å². The standard InChI is InChI=1S/C16H15N3O7/c20-10-5-16(23)6-11(21)25-15-18-12(24-10)9(13(19-15)26-14(16)22)2-1-8-3-4-17-7-8/h1-2,8,17,23H,3-7H2/b2-1+/t8-,16?/m1/s1. The highest BCUT2D eigenvalue weighted by atomic mass is 16.6. The van der Waals surface area contributed by atoms with Crippen molar-refractivity contribution in [3.05, 3.63) is 11.6 Å². The number of nitrogens with zero attached hydrogens (tertiary/aromatic N) is 2. The molecular formula is C16H15N3O7. The molecule has 0 amide bonds. The summed E-state index contributed by atoms with van der Waals surface area (Å²) in [6.45, 7) is 1.67. The number of ether oxygens (including phenoxy) is 3. The molecule has 26 heavy (non-hydrogen) atoms. The van der Waals surface area contributed by atoms with Crippen LogP contribution in [0.25, 0.3) is 6.08 Å². The van der Waals surface area contributed by atoms with Gasteiger partial charge in [0.05, 0.1) is 18.4 Å². The minimum Gasteiger partial charge on any atom is -0.406 e. The molecule has 1 fully saturated rings. The molecule has 136 valence electrons. The van der Waals surface area contributed by atoms with Crippen LogP contribution >= 0.6 is 0 Å². The first-order valence-electron chi connectivity index (χ1n) is 8.10. The molecule has 10 nitrogen and oxygen atoms in total. The van der Waals surface area contributed by atoms with E-state index in [-0.39, 0.29) is 23.2 Å². The van der Waals surface area contributed by atoms with Gasteiger partial charge in [-0.15, -0.1) is 0 Å². The molecule has 0 aliphatic carbocycles. The maximum atomic E-state index is 12.4. The van der Waals surface area contributed by atoms with Gasteiger partial charge in [0, 0.05) is 6.54 Å². The maximum Gasteiger partial charge on any atom is 0.346 e. The first kappa shape index (κ1) is 16.6. The zero-order chi connectivity index (χ0) is 18.3. The van der Waals surface area contributed by atoms with Crippen molar-refractivity contribution in [3.63, 3.8) is 0 Å². The van der Waals surface area contributed by atoms with E-state index in [0.717, 1.165) is 19.5 Å². The number of esters is 3. The van der Waals surface area contributed by atoms with E-state index in [1.807, 2.05) is 6.08 Å². The predicted octanol–water partition coefficient (Wildman–Crippen LogP) is -0.646. The number of aromatic nitrogens is 2. The highest BCUT2D eigenvalue weighted by Gasteiger charge is 2.46. The van der Waals surface area contributed by atoms with Crippen molar-refractivity contribution >= 4 is 24.0 Å². The lowest BCUT2D eigenvalue weighted by molar-refractivity contribution is -0.166. The van der Waals surface area contributed by atoms with E-state index in [1.165, 1.54) is 0 Å². The summed E-state index contributed by atoms with van der Waals surface area (Å²) in [5.41, 5.74) is -2.24. The van der Waals surface area contributed by atoms with Crippen molar-refractivity contribution in [1.29, 1.82) is 0 Å². The van der Waals surface area contributed by atoms with Gasteiger partial charge in [-0.3, -0.25) is 9.59 Å². The van der Waals surface area contributed by atoms with Crippen LogP contribution in [-0.4, -0.2) is 51.7 Å². The number of hydrogen-bond acceptors (Lipinski definition) is 10. The van der Waals surface area contributed by atoms with E-state index in [0.29, 0.717) is 0 Å². The summed E-state index contributed by atoms with van der Waals surface area (Å²) < 4.78 is 15.3. The number of carbonyl (C=O) groups excluding carboxylic acids is 3. The fraction of sp³-hybridized carbons (Fsp3) is 0.438. The normalized spacial score (nSPS) is 28.0. The van der Waals surface area contributed by atoms with Crippen molar-refractivity contribution in [2.75, 3.05) is 13.1 Å². The molecule has 4 rings (SSSR count). The average Bonchev–Trinajstić information content (AvgIpc) is 3.06. The maximum absolute atomic E-state index is 12.4. The van der Waals surface area contributed by atoms with Gasteiger partial charge < -0.3 is 24.6 Å². The zero-order valence-corrected chi connectivity index (χ0v) is 13.6. The van der Waals surface area contributed by atoms with Crippen LogP contribution in [0.4, 0.5) is 0 Å². The Balaban J connectivity index is 1.83. The average molecular weight is 361 g/mol. The molecule has 10 heteroatoms. The molecule has 2 atom stereocenters. The second kappa shape index (κ2) is 6.15. The summed E-state index contributed by atoms with van der Waals surface area (Å²) >= 11 is 0. The summed E-state index contributed by atoms with van der Waals surface area (Å²) in [5.74, 6) is -3.27. The molecule has 4 bridgehead atoms. The van der Waals surface area contributed by atoms with Crippen LogP contribution in [0.5, 0.6) is 17.8 Å². The van der Waals surface area contributed by atoms with Crippen molar-refractivity contribution in [2.45, 2.75) is 24.9 Å².